The molecule has 21 heavy (non-hydrogen) atoms. The van der Waals surface area contributed by atoms with Gasteiger partial charge in [-0.1, -0.05) is 28.9 Å². The van der Waals surface area contributed by atoms with Gasteiger partial charge in [0.15, 0.2) is 0 Å². The van der Waals surface area contributed by atoms with E-state index in [1.54, 1.807) is 6.92 Å². The molecule has 0 aliphatic rings. The highest BCUT2D eigenvalue weighted by molar-refractivity contribution is 9.10. The molecule has 1 N–H and O–H groups in total. The van der Waals surface area contributed by atoms with Crippen LogP contribution in [0.4, 0.5) is 0 Å². The summed E-state index contributed by atoms with van der Waals surface area (Å²) in [5, 5.41) is 9.09. The molecule has 0 spiro atoms. The predicted molar refractivity (Wildman–Crippen MR) is 85.1 cm³/mol. The summed E-state index contributed by atoms with van der Waals surface area (Å²) in [6.07, 6.45) is 2.17. The molecule has 7 heteroatoms. The van der Waals surface area contributed by atoms with Crippen LogP contribution in [0.5, 0.6) is 0 Å². The molecule has 1 aromatic carbocycles. The molecule has 0 amide bonds. The zero-order valence-electron chi connectivity index (χ0n) is 12.0. The first-order valence-corrected chi connectivity index (χ1v) is 8.63. The molecule has 1 aromatic rings. The number of nitrogens with zero attached hydrogens (tertiary/aromatic N) is 1. The van der Waals surface area contributed by atoms with Crippen molar-refractivity contribution < 1.29 is 18.3 Å². The lowest BCUT2D eigenvalue weighted by molar-refractivity contribution is 0.0696. The summed E-state index contributed by atoms with van der Waals surface area (Å²) in [6.45, 7) is 7.62. The Balaban J connectivity index is 3.48. The van der Waals surface area contributed by atoms with Gasteiger partial charge in [-0.2, -0.15) is 4.31 Å². The van der Waals surface area contributed by atoms with Crippen LogP contribution in [0.15, 0.2) is 34.2 Å². The van der Waals surface area contributed by atoms with E-state index in [9.17, 15) is 13.2 Å². The molecule has 116 valence electrons. The highest BCUT2D eigenvalue weighted by Crippen LogP contribution is 2.28. The van der Waals surface area contributed by atoms with Gasteiger partial charge >= 0.3 is 5.97 Å². The number of hydrogen-bond donors (Lipinski definition) is 1. The fraction of sp³-hybridized carbons (Fsp3) is 0.357. The number of aromatic carboxylic acids is 1. The Morgan fingerprint density at radius 3 is 2.57 bits per heavy atom. The third-order valence-corrected chi connectivity index (χ3v) is 5.78. The third-order valence-electron chi connectivity index (χ3n) is 2.97. The molecule has 0 heterocycles. The van der Waals surface area contributed by atoms with Crippen LogP contribution in [-0.2, 0) is 10.0 Å². The fourth-order valence-corrected chi connectivity index (χ4v) is 4.25. The minimum Gasteiger partial charge on any atom is -0.478 e. The Hall–Kier alpha value is -1.18. The number of benzene rings is 1. The summed E-state index contributed by atoms with van der Waals surface area (Å²) < 4.78 is 27.2. The molecular weight excluding hydrogens is 358 g/mol. The van der Waals surface area contributed by atoms with E-state index < -0.39 is 16.0 Å². The van der Waals surface area contributed by atoms with Crippen molar-refractivity contribution in [1.82, 2.24) is 4.31 Å². The lowest BCUT2D eigenvalue weighted by Crippen LogP contribution is -2.32. The van der Waals surface area contributed by atoms with Gasteiger partial charge in [0.1, 0.15) is 0 Å². The van der Waals surface area contributed by atoms with Crippen molar-refractivity contribution in [3.63, 3.8) is 0 Å². The average molecular weight is 376 g/mol. The van der Waals surface area contributed by atoms with Crippen LogP contribution in [0, 0.1) is 6.92 Å². The van der Waals surface area contributed by atoms with Crippen molar-refractivity contribution in [1.29, 1.82) is 0 Å². The molecule has 0 saturated heterocycles. The van der Waals surface area contributed by atoms with Gasteiger partial charge in [0, 0.05) is 17.6 Å². The molecule has 1 rings (SSSR count). The first-order chi connectivity index (χ1) is 9.75. The van der Waals surface area contributed by atoms with Crippen LogP contribution in [-0.4, -0.2) is 36.9 Å². The van der Waals surface area contributed by atoms with Crippen molar-refractivity contribution in [3.05, 3.63) is 40.4 Å². The van der Waals surface area contributed by atoms with Gasteiger partial charge in [-0.05, 0) is 31.0 Å². The average Bonchev–Trinajstić information content (AvgIpc) is 2.40. The van der Waals surface area contributed by atoms with Crippen molar-refractivity contribution in [2.45, 2.75) is 25.2 Å². The third kappa shape index (κ3) is 3.93. The standard InChI is InChI=1S/C14H18BrNO4S/c1-4-6-16(7-5-2)21(19,20)13-9-11(14(17)18)8-12(15)10(13)3/h4,8-9H,1,5-7H2,2-3H3,(H,17,18). The number of rotatable bonds is 7. The molecule has 0 saturated carbocycles. The Bertz CT molecular complexity index is 655. The van der Waals surface area contributed by atoms with E-state index >= 15 is 0 Å². The second kappa shape index (κ2) is 7.20. The SMILES string of the molecule is C=CCN(CCC)S(=O)(=O)c1cc(C(=O)O)cc(Br)c1C. The quantitative estimate of drug-likeness (QED) is 0.743. The number of sulfonamides is 1. The lowest BCUT2D eigenvalue weighted by Gasteiger charge is -2.21. The summed E-state index contributed by atoms with van der Waals surface area (Å²) >= 11 is 3.22. The molecule has 0 fully saturated rings. The number of halogens is 1. The second-order valence-corrected chi connectivity index (χ2v) is 7.30. The Labute approximate surface area is 133 Å². The summed E-state index contributed by atoms with van der Waals surface area (Å²) in [4.78, 5) is 11.1. The van der Waals surface area contributed by atoms with Gasteiger partial charge in [-0.3, -0.25) is 0 Å². The minimum atomic E-state index is -3.77. The fourth-order valence-electron chi connectivity index (χ4n) is 1.89. The summed E-state index contributed by atoms with van der Waals surface area (Å²) in [5.74, 6) is -1.17. The molecule has 5 nitrogen and oxygen atoms in total. The van der Waals surface area contributed by atoms with E-state index in [0.717, 1.165) is 0 Å². The van der Waals surface area contributed by atoms with E-state index in [1.165, 1.54) is 22.5 Å². The molecule has 0 aromatic heterocycles. The van der Waals surface area contributed by atoms with Gasteiger partial charge in [0.05, 0.1) is 10.5 Å². The lowest BCUT2D eigenvalue weighted by atomic mass is 10.1. The molecule has 0 radical (unpaired) electrons. The van der Waals surface area contributed by atoms with E-state index in [0.29, 0.717) is 23.0 Å². The normalized spacial score (nSPS) is 11.6. The van der Waals surface area contributed by atoms with E-state index in [-0.39, 0.29) is 17.0 Å². The van der Waals surface area contributed by atoms with Crippen LogP contribution in [0.1, 0.15) is 29.3 Å². The Morgan fingerprint density at radius 1 is 1.48 bits per heavy atom. The number of carbonyl (C=O) groups is 1. The molecule has 0 bridgehead atoms. The Morgan fingerprint density at radius 2 is 2.10 bits per heavy atom. The molecule has 0 aliphatic heterocycles. The molecule has 0 unspecified atom stereocenters. The molecule has 0 aliphatic carbocycles. The minimum absolute atomic E-state index is 0.00424. The molecule has 0 atom stereocenters. The topological polar surface area (TPSA) is 74.7 Å². The van der Waals surface area contributed by atoms with Gasteiger partial charge in [-0.15, -0.1) is 6.58 Å². The van der Waals surface area contributed by atoms with Gasteiger partial charge in [0.2, 0.25) is 10.0 Å². The van der Waals surface area contributed by atoms with Gasteiger partial charge in [0.25, 0.3) is 0 Å². The van der Waals surface area contributed by atoms with Crippen LogP contribution in [0.2, 0.25) is 0 Å². The maximum Gasteiger partial charge on any atom is 0.335 e. The summed E-state index contributed by atoms with van der Waals surface area (Å²) in [5.41, 5.74) is 0.422. The van der Waals surface area contributed by atoms with Crippen molar-refractivity contribution in [2.75, 3.05) is 13.1 Å². The summed E-state index contributed by atoms with van der Waals surface area (Å²) in [6, 6.07) is 2.60. The van der Waals surface area contributed by atoms with Crippen molar-refractivity contribution in [2.24, 2.45) is 0 Å². The van der Waals surface area contributed by atoms with E-state index in [2.05, 4.69) is 22.5 Å². The second-order valence-electron chi connectivity index (χ2n) is 4.54. The van der Waals surface area contributed by atoms with E-state index in [4.69, 9.17) is 5.11 Å². The number of carboxylic acids is 1. The first kappa shape index (κ1) is 17.9. The monoisotopic (exact) mass is 375 g/mol. The van der Waals surface area contributed by atoms with Crippen LogP contribution in [0.3, 0.4) is 0 Å². The highest BCUT2D eigenvalue weighted by Gasteiger charge is 2.26. The first-order valence-electron chi connectivity index (χ1n) is 6.40. The smallest absolute Gasteiger partial charge is 0.335 e. The molecular formula is C14H18BrNO4S. The zero-order chi connectivity index (χ0) is 16.2. The van der Waals surface area contributed by atoms with Crippen molar-refractivity contribution in [3.8, 4) is 0 Å². The maximum absolute atomic E-state index is 12.7. The number of hydrogen-bond acceptors (Lipinski definition) is 3. The van der Waals surface area contributed by atoms with Crippen LogP contribution >= 0.6 is 15.9 Å². The van der Waals surface area contributed by atoms with Gasteiger partial charge < -0.3 is 5.11 Å². The summed E-state index contributed by atoms with van der Waals surface area (Å²) in [7, 11) is -3.77. The van der Waals surface area contributed by atoms with Crippen LogP contribution in [0.25, 0.3) is 0 Å². The van der Waals surface area contributed by atoms with E-state index in [1.807, 2.05) is 6.92 Å². The van der Waals surface area contributed by atoms with Crippen LogP contribution < -0.4 is 0 Å². The maximum atomic E-state index is 12.7. The zero-order valence-corrected chi connectivity index (χ0v) is 14.4. The largest absolute Gasteiger partial charge is 0.478 e. The van der Waals surface area contributed by atoms with Gasteiger partial charge in [-0.25, -0.2) is 13.2 Å². The van der Waals surface area contributed by atoms with Crippen molar-refractivity contribution >= 4 is 31.9 Å². The number of carboxylic acid groups (broad SMARTS) is 1. The highest BCUT2D eigenvalue weighted by atomic mass is 79.9. The predicted octanol–water partition coefficient (Wildman–Crippen LogP) is 3.04. The Kier molecular flexibility index (Phi) is 6.12.